The minimum Gasteiger partial charge on any atom is -0.442 e. The second kappa shape index (κ2) is 14.3. The Kier molecular flexibility index (Phi) is 11.1. The van der Waals surface area contributed by atoms with E-state index < -0.39 is 6.10 Å². The molecule has 1 saturated carbocycles. The Morgan fingerprint density at radius 2 is 1.83 bits per heavy atom. The second-order valence-electron chi connectivity index (χ2n) is 13.0. The monoisotopic (exact) mass is 573 g/mol. The molecule has 0 unspecified atom stereocenters. The third kappa shape index (κ3) is 10.2. The highest BCUT2D eigenvalue weighted by molar-refractivity contribution is 5.87. The van der Waals surface area contributed by atoms with Gasteiger partial charge in [-0.15, -0.1) is 0 Å². The van der Waals surface area contributed by atoms with Crippen molar-refractivity contribution in [3.05, 3.63) is 36.0 Å². The molecule has 0 bridgehead atoms. The van der Waals surface area contributed by atoms with Gasteiger partial charge >= 0.3 is 6.09 Å². The van der Waals surface area contributed by atoms with E-state index in [1.807, 2.05) is 0 Å². The first kappa shape index (κ1) is 31.7. The van der Waals surface area contributed by atoms with E-state index in [1.54, 1.807) is 17.9 Å². The predicted octanol–water partition coefficient (Wildman–Crippen LogP) is 3.97. The number of hydrogen-bond acceptors (Lipinski definition) is 7. The van der Waals surface area contributed by atoms with E-state index in [1.165, 1.54) is 11.6 Å². The molecule has 4 rings (SSSR count). The van der Waals surface area contributed by atoms with Gasteiger partial charge in [0.1, 0.15) is 6.10 Å². The fourth-order valence-corrected chi connectivity index (χ4v) is 6.40. The summed E-state index contributed by atoms with van der Waals surface area (Å²) in [5.41, 5.74) is 1.16. The van der Waals surface area contributed by atoms with Gasteiger partial charge in [-0.25, -0.2) is 4.79 Å². The Hall–Kier alpha value is -2.20. The Balaban J connectivity index is 1.10. The number of carbonyl (C=O) groups is 2. The number of epoxide rings is 1. The topological polar surface area (TPSA) is 104 Å². The number of rotatable bonds is 10. The van der Waals surface area contributed by atoms with Crippen molar-refractivity contribution in [1.29, 1.82) is 0 Å². The number of nitrogens with one attached hydrogen (secondary N) is 1. The summed E-state index contributed by atoms with van der Waals surface area (Å²) in [6, 6.07) is 0.185. The number of allylic oxidation sites excluding steroid dienone is 3. The molecule has 2 N–H and O–H groups in total. The van der Waals surface area contributed by atoms with Crippen LogP contribution in [0.2, 0.25) is 0 Å². The Labute approximate surface area is 245 Å². The highest BCUT2D eigenvalue weighted by Crippen LogP contribution is 2.46. The Morgan fingerprint density at radius 1 is 1.12 bits per heavy atom. The van der Waals surface area contributed by atoms with Crippen LogP contribution in [0.5, 0.6) is 0 Å². The van der Waals surface area contributed by atoms with Crippen LogP contribution in [0.25, 0.3) is 0 Å². The zero-order valence-electron chi connectivity index (χ0n) is 25.5. The summed E-state index contributed by atoms with van der Waals surface area (Å²) in [6.45, 7) is 12.4. The Morgan fingerprint density at radius 3 is 2.49 bits per heavy atom. The van der Waals surface area contributed by atoms with Crippen molar-refractivity contribution >= 4 is 12.0 Å². The van der Waals surface area contributed by atoms with Crippen LogP contribution in [0.3, 0.4) is 0 Å². The van der Waals surface area contributed by atoms with Crippen LogP contribution in [0.15, 0.2) is 36.0 Å². The van der Waals surface area contributed by atoms with Crippen LogP contribution in [0.4, 0.5) is 4.79 Å². The minimum atomic E-state index is -0.483. The lowest BCUT2D eigenvalue weighted by Gasteiger charge is -2.38. The van der Waals surface area contributed by atoms with Crippen molar-refractivity contribution < 1.29 is 28.9 Å². The van der Waals surface area contributed by atoms with Crippen LogP contribution < -0.4 is 5.32 Å². The molecule has 2 amide bonds. The average Bonchev–Trinajstić information content (AvgIpc) is 3.67. The normalized spacial score (nSPS) is 31.5. The number of carbonyl (C=O) groups excluding carboxylic acids is 2. The molecular weight excluding hydrogens is 522 g/mol. The molecular formula is C32H51N3O6. The zero-order valence-corrected chi connectivity index (χ0v) is 25.5. The zero-order chi connectivity index (χ0) is 29.5. The largest absolute Gasteiger partial charge is 0.442 e. The van der Waals surface area contributed by atoms with E-state index in [0.29, 0.717) is 25.6 Å². The first-order valence-corrected chi connectivity index (χ1v) is 15.5. The smallest absolute Gasteiger partial charge is 0.410 e. The van der Waals surface area contributed by atoms with E-state index in [9.17, 15) is 9.59 Å². The van der Waals surface area contributed by atoms with Gasteiger partial charge in [-0.3, -0.25) is 9.69 Å². The van der Waals surface area contributed by atoms with E-state index in [0.717, 1.165) is 64.6 Å². The number of amides is 2. The first-order valence-electron chi connectivity index (χ1n) is 15.5. The summed E-state index contributed by atoms with van der Waals surface area (Å²) in [6.07, 6.45) is 16.2. The molecule has 4 aliphatic rings. The molecule has 0 aromatic heterocycles. The van der Waals surface area contributed by atoms with Crippen molar-refractivity contribution in [3.8, 4) is 0 Å². The van der Waals surface area contributed by atoms with Gasteiger partial charge < -0.3 is 29.5 Å². The van der Waals surface area contributed by atoms with Crippen molar-refractivity contribution in [1.82, 2.24) is 15.1 Å². The molecule has 3 aliphatic heterocycles. The molecule has 9 nitrogen and oxygen atoms in total. The molecule has 3 saturated heterocycles. The summed E-state index contributed by atoms with van der Waals surface area (Å²) in [7, 11) is 0. The minimum absolute atomic E-state index is 0.0429. The summed E-state index contributed by atoms with van der Waals surface area (Å²) in [5, 5.41) is 12.2. The lowest BCUT2D eigenvalue weighted by molar-refractivity contribution is -0.117. The van der Waals surface area contributed by atoms with E-state index in [-0.39, 0.29) is 42.0 Å². The molecule has 0 aromatic carbocycles. The standard InChI is InChI=1S/C32H51N3O6/c1-24(6-13-28-21-32(23-39-32)22-31(3,4)41-28)5-8-26-9-11-27(12-10-26)33-29(37)14-7-25(2)40-30(38)35-17-15-34(16-18-35)19-20-36/h5-7,13-14,25-28,36H,8-12,15-23H2,1-4H3,(H,33,37)/t25-,26?,27?,28+,32+/m0/s1. The summed E-state index contributed by atoms with van der Waals surface area (Å²) < 4.78 is 17.5. The number of piperazine rings is 1. The van der Waals surface area contributed by atoms with Gasteiger partial charge in [-0.1, -0.05) is 23.8 Å². The van der Waals surface area contributed by atoms with Gasteiger partial charge in [0.25, 0.3) is 0 Å². The fraction of sp³-hybridized carbons (Fsp3) is 0.750. The molecule has 0 aromatic rings. The lowest BCUT2D eigenvalue weighted by atomic mass is 9.83. The predicted molar refractivity (Wildman–Crippen MR) is 158 cm³/mol. The molecule has 3 atom stereocenters. The quantitative estimate of drug-likeness (QED) is 0.232. The highest BCUT2D eigenvalue weighted by Gasteiger charge is 2.53. The van der Waals surface area contributed by atoms with Gasteiger partial charge in [0.2, 0.25) is 5.91 Å². The van der Waals surface area contributed by atoms with Crippen LogP contribution >= 0.6 is 0 Å². The van der Waals surface area contributed by atoms with Gasteiger partial charge in [-0.2, -0.15) is 0 Å². The summed E-state index contributed by atoms with van der Waals surface area (Å²) in [4.78, 5) is 28.7. The van der Waals surface area contributed by atoms with Crippen molar-refractivity contribution in [3.63, 3.8) is 0 Å². The maximum Gasteiger partial charge on any atom is 0.410 e. The van der Waals surface area contributed by atoms with Gasteiger partial charge in [0.05, 0.1) is 30.5 Å². The van der Waals surface area contributed by atoms with Crippen molar-refractivity contribution in [2.24, 2.45) is 5.92 Å². The van der Waals surface area contributed by atoms with Gasteiger partial charge in [0.15, 0.2) is 0 Å². The van der Waals surface area contributed by atoms with E-state index in [2.05, 4.69) is 49.2 Å². The fourth-order valence-electron chi connectivity index (χ4n) is 6.40. The number of hydrogen-bond donors (Lipinski definition) is 2. The number of aliphatic hydroxyl groups is 1. The number of ether oxygens (including phenoxy) is 3. The second-order valence-corrected chi connectivity index (χ2v) is 13.0. The van der Waals surface area contributed by atoms with Crippen molar-refractivity contribution in [2.45, 2.75) is 102 Å². The SMILES string of the molecule is CC(C=C[C@@H]1C[C@]2(CO2)CC(C)(C)O1)=CCC1CCC(NC(=O)C=C[C@H](C)OC(=O)N2CCN(CCO)CC2)CC1. The maximum absolute atomic E-state index is 12.5. The molecule has 3 heterocycles. The van der Waals surface area contributed by atoms with E-state index >= 15 is 0 Å². The molecule has 0 radical (unpaired) electrons. The molecule has 1 aliphatic carbocycles. The van der Waals surface area contributed by atoms with Crippen LogP contribution in [0, 0.1) is 5.92 Å². The third-order valence-corrected chi connectivity index (χ3v) is 8.74. The van der Waals surface area contributed by atoms with E-state index in [4.69, 9.17) is 19.3 Å². The van der Waals surface area contributed by atoms with Crippen molar-refractivity contribution in [2.75, 3.05) is 45.9 Å². The Bertz CT molecular complexity index is 966. The highest BCUT2D eigenvalue weighted by atomic mass is 16.6. The molecule has 1 spiro atoms. The van der Waals surface area contributed by atoms with Crippen LogP contribution in [-0.4, -0.2) is 102 Å². The summed E-state index contributed by atoms with van der Waals surface area (Å²) in [5.74, 6) is 0.501. The van der Waals surface area contributed by atoms with Crippen LogP contribution in [-0.2, 0) is 19.0 Å². The van der Waals surface area contributed by atoms with Crippen LogP contribution in [0.1, 0.15) is 72.6 Å². The van der Waals surface area contributed by atoms with Gasteiger partial charge in [-0.05, 0) is 71.8 Å². The molecule has 9 heteroatoms. The third-order valence-electron chi connectivity index (χ3n) is 8.74. The molecule has 230 valence electrons. The lowest BCUT2D eigenvalue weighted by Crippen LogP contribution is -2.49. The molecule has 4 fully saturated rings. The first-order chi connectivity index (χ1) is 19.5. The molecule has 41 heavy (non-hydrogen) atoms. The maximum atomic E-state index is 12.5. The average molecular weight is 574 g/mol. The summed E-state index contributed by atoms with van der Waals surface area (Å²) >= 11 is 0. The number of β-amino-alcohol motifs (C(OH)–C–C–N with tert-alkyl or cyclic N) is 1. The number of nitrogens with zero attached hydrogens (tertiary/aromatic N) is 2. The number of aliphatic hydroxyl groups excluding tert-OH is 1. The van der Waals surface area contributed by atoms with Gasteiger partial charge in [0, 0.05) is 57.7 Å².